The molecule has 0 bridgehead atoms. The van der Waals surface area contributed by atoms with Crippen LogP contribution in [0.1, 0.15) is 33.3 Å². The molecular formula is C58H36N4O2. The number of fused-ring (bicyclic) bond motifs is 4. The summed E-state index contributed by atoms with van der Waals surface area (Å²) in [6, 6.07) is 72.3. The van der Waals surface area contributed by atoms with Crippen LogP contribution in [0.25, 0.3) is 83.1 Å². The fourth-order valence-corrected chi connectivity index (χ4v) is 9.43. The van der Waals surface area contributed by atoms with Crippen LogP contribution in [0, 0.1) is 22.7 Å². The quantitative estimate of drug-likeness (QED) is 0.173. The second-order valence-corrected chi connectivity index (χ2v) is 15.9. The molecule has 0 radical (unpaired) electrons. The molecule has 6 nitrogen and oxygen atoms in total. The minimum atomic E-state index is -1.32. The first kappa shape index (κ1) is 38.1. The minimum Gasteiger partial charge on any atom is -0.369 e. The Labute approximate surface area is 370 Å². The van der Waals surface area contributed by atoms with E-state index in [1.807, 2.05) is 158 Å². The summed E-state index contributed by atoms with van der Waals surface area (Å²) in [6.07, 6.45) is -1.32. The van der Waals surface area contributed by atoms with Crippen molar-refractivity contribution < 1.29 is 9.90 Å². The Bertz CT molecular complexity index is 3390. The predicted molar refractivity (Wildman–Crippen MR) is 256 cm³/mol. The van der Waals surface area contributed by atoms with E-state index in [1.54, 1.807) is 4.90 Å². The summed E-state index contributed by atoms with van der Waals surface area (Å²) < 4.78 is 2.10. The molecule has 1 atom stereocenters. The van der Waals surface area contributed by atoms with Gasteiger partial charge >= 0.3 is 0 Å². The average Bonchev–Trinajstić information content (AvgIpc) is 3.82. The molecule has 1 amide bonds. The Kier molecular flexibility index (Phi) is 9.29. The van der Waals surface area contributed by atoms with Gasteiger partial charge in [0.25, 0.3) is 5.91 Å². The number of hydrogen-bond acceptors (Lipinski definition) is 4. The van der Waals surface area contributed by atoms with Gasteiger partial charge in [-0.25, -0.2) is 0 Å². The molecule has 0 aliphatic carbocycles. The number of hydrogen-bond donors (Lipinski definition) is 1. The van der Waals surface area contributed by atoms with E-state index in [0.29, 0.717) is 33.6 Å². The van der Waals surface area contributed by atoms with Gasteiger partial charge in [0.2, 0.25) is 0 Å². The third-order valence-corrected chi connectivity index (χ3v) is 12.4. The SMILES string of the molecule is N#Cc1ccccc1-c1ccc2c3ccc(-c4ccccc4C#N)cc3n(-c3cccc4c3C(=O)N(c3c(-c5ccccc5)cc(-c5ccccc5)cc3-c3ccccc3)C4O)c2c1. The Morgan fingerprint density at radius 1 is 0.438 bits per heavy atom. The smallest absolute Gasteiger partial charge is 0.263 e. The molecule has 11 rings (SSSR count). The number of anilines is 1. The van der Waals surface area contributed by atoms with Gasteiger partial charge in [0.05, 0.1) is 51.2 Å². The van der Waals surface area contributed by atoms with E-state index in [9.17, 15) is 15.6 Å². The molecule has 0 saturated heterocycles. The molecule has 9 aromatic carbocycles. The maximum absolute atomic E-state index is 15.7. The van der Waals surface area contributed by atoms with Crippen LogP contribution in [-0.2, 0) is 0 Å². The maximum Gasteiger partial charge on any atom is 0.263 e. The highest BCUT2D eigenvalue weighted by Crippen LogP contribution is 2.50. The molecule has 2 heterocycles. The van der Waals surface area contributed by atoms with Crippen molar-refractivity contribution in [2.24, 2.45) is 0 Å². The molecule has 1 unspecified atom stereocenters. The summed E-state index contributed by atoms with van der Waals surface area (Å²) in [6.45, 7) is 0. The molecule has 10 aromatic rings. The molecule has 64 heavy (non-hydrogen) atoms. The molecule has 0 fully saturated rings. The summed E-state index contributed by atoms with van der Waals surface area (Å²) >= 11 is 0. The largest absolute Gasteiger partial charge is 0.369 e. The summed E-state index contributed by atoms with van der Waals surface area (Å²) in [5, 5.41) is 34.8. The van der Waals surface area contributed by atoms with Crippen LogP contribution in [0.4, 0.5) is 5.69 Å². The highest BCUT2D eigenvalue weighted by Gasteiger charge is 2.41. The van der Waals surface area contributed by atoms with E-state index in [-0.39, 0.29) is 5.91 Å². The van der Waals surface area contributed by atoms with Crippen LogP contribution in [0.3, 0.4) is 0 Å². The third kappa shape index (κ3) is 6.17. The monoisotopic (exact) mass is 820 g/mol. The van der Waals surface area contributed by atoms with E-state index < -0.39 is 6.23 Å². The fourth-order valence-electron chi connectivity index (χ4n) is 9.43. The number of rotatable bonds is 7. The lowest BCUT2D eigenvalue weighted by Crippen LogP contribution is -2.29. The first-order chi connectivity index (χ1) is 31.5. The van der Waals surface area contributed by atoms with E-state index in [1.165, 1.54) is 0 Å². The summed E-state index contributed by atoms with van der Waals surface area (Å²) in [4.78, 5) is 17.3. The number of nitriles is 2. The van der Waals surface area contributed by atoms with E-state index in [4.69, 9.17) is 0 Å². The maximum atomic E-state index is 15.7. The summed E-state index contributed by atoms with van der Waals surface area (Å²) in [5.41, 5.74) is 13.5. The van der Waals surface area contributed by atoms with Gasteiger partial charge in [-0.15, -0.1) is 0 Å². The van der Waals surface area contributed by atoms with Gasteiger partial charge in [-0.1, -0.05) is 164 Å². The highest BCUT2D eigenvalue weighted by molar-refractivity contribution is 6.18. The average molecular weight is 821 g/mol. The molecule has 6 heteroatoms. The number of carbonyl (C=O) groups excluding carboxylic acids is 1. The number of aliphatic hydroxyl groups is 1. The molecule has 0 saturated carbocycles. The number of carbonyl (C=O) groups is 1. The van der Waals surface area contributed by atoms with Crippen LogP contribution >= 0.6 is 0 Å². The lowest BCUT2D eigenvalue weighted by molar-refractivity contribution is 0.0935. The normalized spacial score (nSPS) is 13.2. The highest BCUT2D eigenvalue weighted by atomic mass is 16.3. The van der Waals surface area contributed by atoms with Crippen LogP contribution in [0.15, 0.2) is 206 Å². The van der Waals surface area contributed by atoms with E-state index >= 15 is 4.79 Å². The Morgan fingerprint density at radius 2 is 0.906 bits per heavy atom. The van der Waals surface area contributed by atoms with Crippen molar-refractivity contribution in [2.75, 3.05) is 4.90 Å². The molecule has 1 aliphatic heterocycles. The number of benzene rings is 9. The van der Waals surface area contributed by atoms with Crippen LogP contribution in [0.5, 0.6) is 0 Å². The first-order valence-corrected chi connectivity index (χ1v) is 21.1. The van der Waals surface area contributed by atoms with Crippen molar-refractivity contribution in [3.8, 4) is 73.5 Å². The first-order valence-electron chi connectivity index (χ1n) is 21.1. The van der Waals surface area contributed by atoms with Crippen molar-refractivity contribution >= 4 is 33.4 Å². The molecule has 300 valence electrons. The fraction of sp³-hybridized carbons (Fsp3) is 0.0172. The summed E-state index contributed by atoms with van der Waals surface area (Å²) in [7, 11) is 0. The van der Waals surface area contributed by atoms with Gasteiger partial charge in [0.15, 0.2) is 6.23 Å². The number of nitrogens with zero attached hydrogens (tertiary/aromatic N) is 4. The number of amides is 1. The zero-order chi connectivity index (χ0) is 43.3. The molecule has 1 aliphatic rings. The molecule has 1 aromatic heterocycles. The number of aromatic nitrogens is 1. The molecule has 0 spiro atoms. The summed E-state index contributed by atoms with van der Waals surface area (Å²) in [5.74, 6) is -0.341. The van der Waals surface area contributed by atoms with Crippen molar-refractivity contribution in [3.63, 3.8) is 0 Å². The molecule has 1 N–H and O–H groups in total. The van der Waals surface area contributed by atoms with Crippen LogP contribution in [-0.4, -0.2) is 15.6 Å². The van der Waals surface area contributed by atoms with Crippen molar-refractivity contribution in [2.45, 2.75) is 6.23 Å². The minimum absolute atomic E-state index is 0.341. The van der Waals surface area contributed by atoms with Gasteiger partial charge in [-0.05, 0) is 87.0 Å². The van der Waals surface area contributed by atoms with Gasteiger partial charge in [0.1, 0.15) is 0 Å². The van der Waals surface area contributed by atoms with Gasteiger partial charge < -0.3 is 9.67 Å². The van der Waals surface area contributed by atoms with Crippen LogP contribution in [0.2, 0.25) is 0 Å². The Hall–Kier alpha value is -8.81. The topological polar surface area (TPSA) is 93.0 Å². The zero-order valence-electron chi connectivity index (χ0n) is 34.4. The van der Waals surface area contributed by atoms with E-state index in [2.05, 4.69) is 65.2 Å². The van der Waals surface area contributed by atoms with Gasteiger partial charge in [0, 0.05) is 27.5 Å². The predicted octanol–water partition coefficient (Wildman–Crippen LogP) is 13.5. The van der Waals surface area contributed by atoms with Crippen molar-refractivity contribution in [1.29, 1.82) is 10.5 Å². The van der Waals surface area contributed by atoms with E-state index in [0.717, 1.165) is 77.4 Å². The zero-order valence-corrected chi connectivity index (χ0v) is 34.4. The third-order valence-electron chi connectivity index (χ3n) is 12.4. The second-order valence-electron chi connectivity index (χ2n) is 15.9. The number of aliphatic hydroxyl groups excluding tert-OH is 1. The standard InChI is InChI=1S/C58H36N4O2/c59-35-42-21-10-12-23-45(42)40-27-29-47-48-30-28-41(46-24-13-11-22-43(46)36-60)34-54(48)61(53(47)33-40)52-26-14-25-49-55(52)58(64)62(57(49)63)56-50(38-17-6-2-7-18-38)31-44(37-15-4-1-5-16-37)32-51(56)39-19-8-3-9-20-39/h1-34,57,63H. The van der Waals surface area contributed by atoms with Crippen molar-refractivity contribution in [1.82, 2.24) is 4.57 Å². The Morgan fingerprint density at radius 3 is 1.41 bits per heavy atom. The second kappa shape index (κ2) is 15.6. The Balaban J connectivity index is 1.18. The lowest BCUT2D eigenvalue weighted by Gasteiger charge is -2.28. The van der Waals surface area contributed by atoms with Crippen LogP contribution < -0.4 is 4.90 Å². The van der Waals surface area contributed by atoms with Gasteiger partial charge in [-0.2, -0.15) is 10.5 Å². The van der Waals surface area contributed by atoms with Crippen molar-refractivity contribution in [3.05, 3.63) is 229 Å². The van der Waals surface area contributed by atoms with Gasteiger partial charge in [-0.3, -0.25) is 9.69 Å². The lowest BCUT2D eigenvalue weighted by atomic mass is 9.90. The molecular weight excluding hydrogens is 785 g/mol.